The van der Waals surface area contributed by atoms with Crippen LogP contribution in [0.3, 0.4) is 0 Å². The van der Waals surface area contributed by atoms with E-state index in [0.717, 1.165) is 0 Å². The van der Waals surface area contributed by atoms with Gasteiger partial charge in [0, 0.05) is 0 Å². The second-order valence-electron chi connectivity index (χ2n) is 3.22. The van der Waals surface area contributed by atoms with Gasteiger partial charge in [-0.25, -0.2) is 0 Å². The molecule has 0 aliphatic carbocycles. The number of carbonyl (C=O) groups excluding carboxylic acids is 2. The van der Waals surface area contributed by atoms with Crippen molar-refractivity contribution in [1.29, 1.82) is 0 Å². The van der Waals surface area contributed by atoms with E-state index in [1.807, 2.05) is 0 Å². The Hall–Kier alpha value is -1.90. The Balaban J connectivity index is 0.000000340. The maximum atomic E-state index is 10.9. The molecule has 11 nitrogen and oxygen atoms in total. The average Bonchev–Trinajstić information content (AvgIpc) is 2.51. The van der Waals surface area contributed by atoms with Gasteiger partial charge in [0.25, 0.3) is 11.8 Å². The first-order valence-corrected chi connectivity index (χ1v) is 7.43. The van der Waals surface area contributed by atoms with Gasteiger partial charge in [0.2, 0.25) is 0 Å². The first-order valence-electron chi connectivity index (χ1n) is 4.63. The first kappa shape index (κ1) is 19.1. The second kappa shape index (κ2) is 7.21. The van der Waals surface area contributed by atoms with E-state index in [1.165, 1.54) is 0 Å². The highest BCUT2D eigenvalue weighted by Gasteiger charge is 2.25. The van der Waals surface area contributed by atoms with Crippen LogP contribution in [-0.4, -0.2) is 46.9 Å². The monoisotopic (exact) mass is 343 g/mol. The lowest BCUT2D eigenvalue weighted by atomic mass is 10.1. The molecule has 2 amide bonds. The summed E-state index contributed by atoms with van der Waals surface area (Å²) in [7, 11) is -9.33. The number of carbonyl (C=O) groups is 2. The van der Waals surface area contributed by atoms with Crippen molar-refractivity contribution in [2.75, 3.05) is 0 Å². The fraction of sp³-hybridized carbons (Fsp3) is 0. The normalized spacial score (nSPS) is 13.1. The van der Waals surface area contributed by atoms with Crippen LogP contribution >= 0.6 is 0 Å². The molecule has 0 fully saturated rings. The molecule has 0 saturated heterocycles. The van der Waals surface area contributed by atoms with E-state index in [1.54, 1.807) is 24.3 Å². The Kier molecular flexibility index (Phi) is 6.55. The molecule has 1 heterocycles. The van der Waals surface area contributed by atoms with Crippen molar-refractivity contribution in [3.05, 3.63) is 35.4 Å². The van der Waals surface area contributed by atoms with Crippen LogP contribution in [0.4, 0.5) is 0 Å². The molecule has 13 heteroatoms. The largest absolute Gasteiger partial charge is 0.394 e. The van der Waals surface area contributed by atoms with E-state index in [0.29, 0.717) is 11.1 Å². The van der Waals surface area contributed by atoms with Gasteiger partial charge >= 0.3 is 20.8 Å². The number of hydrogen-bond acceptors (Lipinski definition) is 6. The Morgan fingerprint density at radius 3 is 1.19 bits per heavy atom. The zero-order valence-corrected chi connectivity index (χ0v) is 11.5. The summed E-state index contributed by atoms with van der Waals surface area (Å²) in [6.45, 7) is 0. The Labute approximate surface area is 118 Å². The summed E-state index contributed by atoms with van der Waals surface area (Å²) in [5.74, 6) is -0.601. The minimum atomic E-state index is -4.67. The van der Waals surface area contributed by atoms with Crippen LogP contribution < -0.4 is 5.32 Å². The Morgan fingerprint density at radius 1 is 0.714 bits per heavy atom. The molecule has 1 aliphatic rings. The molecule has 0 aromatic heterocycles. The number of hydrogen-bond donors (Lipinski definition) is 5. The van der Waals surface area contributed by atoms with Gasteiger partial charge in [-0.1, -0.05) is 12.1 Å². The smallest absolute Gasteiger partial charge is 0.288 e. The molecule has 0 radical (unpaired) electrons. The van der Waals surface area contributed by atoms with E-state index in [-0.39, 0.29) is 11.8 Å². The lowest BCUT2D eigenvalue weighted by Crippen LogP contribution is -2.19. The zero-order valence-electron chi connectivity index (χ0n) is 9.86. The van der Waals surface area contributed by atoms with Crippen molar-refractivity contribution in [1.82, 2.24) is 5.32 Å². The standard InChI is InChI=1S/C8H5NO2.2H2O4S/c10-7-5-3-1-2-4-6(5)8(11)9-7;2*1-5(2,3)4/h1-4H,(H,9,10,11);2*(H2,1,2,3,4). The third-order valence-corrected chi connectivity index (χ3v) is 1.64. The van der Waals surface area contributed by atoms with Gasteiger partial charge in [0.05, 0.1) is 11.1 Å². The minimum Gasteiger partial charge on any atom is -0.288 e. The SMILES string of the molecule is O=C1NC(=O)c2ccccc21.O=S(=O)(O)O.O=S(=O)(O)O. The summed E-state index contributed by atoms with van der Waals surface area (Å²) >= 11 is 0. The highest BCUT2D eigenvalue weighted by molar-refractivity contribution is 7.80. The van der Waals surface area contributed by atoms with Crippen LogP contribution in [-0.2, 0) is 20.8 Å². The van der Waals surface area contributed by atoms with E-state index in [2.05, 4.69) is 5.32 Å². The summed E-state index contributed by atoms with van der Waals surface area (Å²) in [6, 6.07) is 6.74. The molecule has 0 atom stereocenters. The van der Waals surface area contributed by atoms with Gasteiger partial charge in [0.1, 0.15) is 0 Å². The van der Waals surface area contributed by atoms with Crippen LogP contribution in [0.2, 0.25) is 0 Å². The molecular formula is C8H9NO10S2. The topological polar surface area (TPSA) is 195 Å². The highest BCUT2D eigenvalue weighted by Crippen LogP contribution is 2.13. The third kappa shape index (κ3) is 10.5. The molecule has 0 saturated carbocycles. The molecular weight excluding hydrogens is 334 g/mol. The van der Waals surface area contributed by atoms with Crippen molar-refractivity contribution < 1.29 is 44.6 Å². The molecule has 1 aromatic rings. The molecule has 21 heavy (non-hydrogen) atoms. The summed E-state index contributed by atoms with van der Waals surface area (Å²) < 4.78 is 63.2. The molecule has 1 aliphatic heterocycles. The molecule has 5 N–H and O–H groups in total. The summed E-state index contributed by atoms with van der Waals surface area (Å²) in [5, 5.41) is 2.20. The Bertz CT molecular complexity index is 657. The molecule has 0 bridgehead atoms. The summed E-state index contributed by atoms with van der Waals surface area (Å²) in [5.41, 5.74) is 0.940. The van der Waals surface area contributed by atoms with Crippen LogP contribution in [0.25, 0.3) is 0 Å². The van der Waals surface area contributed by atoms with Crippen LogP contribution in [0.5, 0.6) is 0 Å². The van der Waals surface area contributed by atoms with Crippen LogP contribution in [0.15, 0.2) is 24.3 Å². The summed E-state index contributed by atoms with van der Waals surface area (Å²) in [6.07, 6.45) is 0. The third-order valence-electron chi connectivity index (χ3n) is 1.64. The van der Waals surface area contributed by atoms with Gasteiger partial charge in [-0.15, -0.1) is 0 Å². The molecule has 0 spiro atoms. The lowest BCUT2D eigenvalue weighted by Gasteiger charge is -1.88. The quantitative estimate of drug-likeness (QED) is 0.295. The molecule has 1 aromatic carbocycles. The van der Waals surface area contributed by atoms with Gasteiger partial charge in [-0.05, 0) is 12.1 Å². The predicted molar refractivity (Wildman–Crippen MR) is 66.6 cm³/mol. The van der Waals surface area contributed by atoms with Gasteiger partial charge in [-0.2, -0.15) is 16.8 Å². The van der Waals surface area contributed by atoms with E-state index in [4.69, 9.17) is 35.0 Å². The van der Waals surface area contributed by atoms with Crippen molar-refractivity contribution in [3.8, 4) is 0 Å². The molecule has 2 rings (SSSR count). The maximum Gasteiger partial charge on any atom is 0.394 e. The van der Waals surface area contributed by atoms with Crippen molar-refractivity contribution in [3.63, 3.8) is 0 Å². The zero-order chi connectivity index (χ0) is 16.8. The van der Waals surface area contributed by atoms with E-state index >= 15 is 0 Å². The predicted octanol–water partition coefficient (Wildman–Crippen LogP) is -0.735. The summed E-state index contributed by atoms with van der Waals surface area (Å²) in [4.78, 5) is 21.9. The van der Waals surface area contributed by atoms with Crippen molar-refractivity contribution in [2.24, 2.45) is 0 Å². The number of nitrogens with one attached hydrogen (secondary N) is 1. The average molecular weight is 343 g/mol. The molecule has 118 valence electrons. The van der Waals surface area contributed by atoms with Gasteiger partial charge < -0.3 is 0 Å². The fourth-order valence-electron chi connectivity index (χ4n) is 1.12. The maximum absolute atomic E-state index is 10.9. The minimum absolute atomic E-state index is 0.300. The van der Waals surface area contributed by atoms with Crippen LogP contribution in [0.1, 0.15) is 20.7 Å². The van der Waals surface area contributed by atoms with Crippen LogP contribution in [0, 0.1) is 0 Å². The number of rotatable bonds is 0. The van der Waals surface area contributed by atoms with E-state index < -0.39 is 20.8 Å². The van der Waals surface area contributed by atoms with Crippen molar-refractivity contribution >= 4 is 32.6 Å². The number of benzene rings is 1. The number of imide groups is 1. The van der Waals surface area contributed by atoms with Gasteiger partial charge in [-0.3, -0.25) is 33.1 Å². The Morgan fingerprint density at radius 2 is 0.952 bits per heavy atom. The van der Waals surface area contributed by atoms with Crippen molar-refractivity contribution in [2.45, 2.75) is 0 Å². The van der Waals surface area contributed by atoms with E-state index in [9.17, 15) is 9.59 Å². The first-order chi connectivity index (χ1) is 9.29. The lowest BCUT2D eigenvalue weighted by molar-refractivity contribution is 0.0879. The fourth-order valence-corrected chi connectivity index (χ4v) is 1.12. The highest BCUT2D eigenvalue weighted by atomic mass is 32.3. The molecule has 0 unspecified atom stereocenters. The second-order valence-corrected chi connectivity index (χ2v) is 5.02. The van der Waals surface area contributed by atoms with Gasteiger partial charge in [0.15, 0.2) is 0 Å². The number of amides is 2. The number of fused-ring (bicyclic) bond motifs is 1.